The zero-order valence-corrected chi connectivity index (χ0v) is 13.0. The summed E-state index contributed by atoms with van der Waals surface area (Å²) in [5.41, 5.74) is 0.672. The number of aliphatic hydroxyl groups excluding tert-OH is 1. The average Bonchev–Trinajstić information content (AvgIpc) is 2.49. The maximum absolute atomic E-state index is 13.7. The Kier molecular flexibility index (Phi) is 5.22. The SMILES string of the molecule is CC(CO)(NCc1ccccc1)c1cc(F)c(Cl)cc1Cl. The van der Waals surface area contributed by atoms with Gasteiger partial charge in [-0.05, 0) is 30.2 Å². The molecule has 0 aliphatic heterocycles. The fourth-order valence-electron chi connectivity index (χ4n) is 2.07. The van der Waals surface area contributed by atoms with E-state index in [-0.39, 0.29) is 11.6 Å². The number of aliphatic hydroxyl groups is 1. The van der Waals surface area contributed by atoms with Crippen LogP contribution in [0.25, 0.3) is 0 Å². The van der Waals surface area contributed by atoms with E-state index in [4.69, 9.17) is 23.2 Å². The van der Waals surface area contributed by atoms with Gasteiger partial charge in [0, 0.05) is 11.6 Å². The van der Waals surface area contributed by atoms with Gasteiger partial charge in [0.05, 0.1) is 17.2 Å². The lowest BCUT2D eigenvalue weighted by molar-refractivity contribution is 0.173. The Bertz CT molecular complexity index is 621. The van der Waals surface area contributed by atoms with Crippen molar-refractivity contribution < 1.29 is 9.50 Å². The largest absolute Gasteiger partial charge is 0.394 e. The summed E-state index contributed by atoms with van der Waals surface area (Å²) in [4.78, 5) is 0. The van der Waals surface area contributed by atoms with Gasteiger partial charge in [-0.15, -0.1) is 0 Å². The van der Waals surface area contributed by atoms with Crippen LogP contribution in [0.5, 0.6) is 0 Å². The Morgan fingerprint density at radius 2 is 1.81 bits per heavy atom. The average molecular weight is 328 g/mol. The summed E-state index contributed by atoms with van der Waals surface area (Å²) in [6.07, 6.45) is 0. The van der Waals surface area contributed by atoms with Crippen molar-refractivity contribution in [1.82, 2.24) is 5.32 Å². The highest BCUT2D eigenvalue weighted by molar-refractivity contribution is 6.35. The molecule has 0 amide bonds. The fraction of sp³-hybridized carbons (Fsp3) is 0.250. The third kappa shape index (κ3) is 3.74. The zero-order chi connectivity index (χ0) is 15.5. The van der Waals surface area contributed by atoms with Gasteiger partial charge in [-0.2, -0.15) is 0 Å². The molecule has 112 valence electrons. The second-order valence-electron chi connectivity index (χ2n) is 5.08. The summed E-state index contributed by atoms with van der Waals surface area (Å²) in [6, 6.07) is 12.3. The summed E-state index contributed by atoms with van der Waals surface area (Å²) in [5.74, 6) is -0.558. The van der Waals surface area contributed by atoms with Gasteiger partial charge in [0.15, 0.2) is 0 Å². The van der Waals surface area contributed by atoms with Crippen LogP contribution in [0.15, 0.2) is 42.5 Å². The molecule has 0 spiro atoms. The van der Waals surface area contributed by atoms with E-state index in [9.17, 15) is 9.50 Å². The topological polar surface area (TPSA) is 32.3 Å². The first-order chi connectivity index (χ1) is 9.96. The van der Waals surface area contributed by atoms with E-state index < -0.39 is 11.4 Å². The Labute approximate surface area is 133 Å². The predicted octanol–water partition coefficient (Wildman–Crippen LogP) is 4.13. The van der Waals surface area contributed by atoms with Crippen molar-refractivity contribution in [2.24, 2.45) is 0 Å². The highest BCUT2D eigenvalue weighted by atomic mass is 35.5. The van der Waals surface area contributed by atoms with Crippen LogP contribution in [0.2, 0.25) is 10.0 Å². The Balaban J connectivity index is 2.26. The highest BCUT2D eigenvalue weighted by Gasteiger charge is 2.28. The first-order valence-electron chi connectivity index (χ1n) is 6.51. The minimum absolute atomic E-state index is 0.0351. The maximum atomic E-state index is 13.7. The van der Waals surface area contributed by atoms with Gasteiger partial charge < -0.3 is 10.4 Å². The summed E-state index contributed by atoms with van der Waals surface area (Å²) < 4.78 is 13.7. The van der Waals surface area contributed by atoms with E-state index in [1.54, 1.807) is 6.92 Å². The van der Waals surface area contributed by atoms with Crippen LogP contribution in [0.1, 0.15) is 18.1 Å². The molecule has 2 rings (SSSR count). The molecule has 0 aliphatic rings. The molecule has 5 heteroatoms. The standard InChI is InChI=1S/C16H16Cl2FNO/c1-16(10-21,20-9-11-5-3-2-4-6-11)12-7-15(19)14(18)8-13(12)17/h2-8,20-21H,9-10H2,1H3. The fourth-order valence-corrected chi connectivity index (χ4v) is 2.67. The molecule has 2 N–H and O–H groups in total. The Morgan fingerprint density at radius 3 is 2.43 bits per heavy atom. The molecule has 1 atom stereocenters. The Morgan fingerprint density at radius 1 is 1.14 bits per heavy atom. The molecule has 0 bridgehead atoms. The lowest BCUT2D eigenvalue weighted by Crippen LogP contribution is -2.42. The number of hydrogen-bond acceptors (Lipinski definition) is 2. The molecule has 0 saturated carbocycles. The minimum Gasteiger partial charge on any atom is -0.394 e. The molecule has 0 aromatic heterocycles. The van der Waals surface area contributed by atoms with Crippen molar-refractivity contribution in [2.75, 3.05) is 6.61 Å². The normalized spacial score (nSPS) is 14.0. The molecule has 2 nitrogen and oxygen atoms in total. The molecule has 0 radical (unpaired) electrons. The van der Waals surface area contributed by atoms with Gasteiger partial charge in [-0.3, -0.25) is 0 Å². The van der Waals surface area contributed by atoms with Crippen LogP contribution < -0.4 is 5.32 Å². The summed E-state index contributed by atoms with van der Waals surface area (Å²) in [5, 5.41) is 13.2. The van der Waals surface area contributed by atoms with Gasteiger partial charge >= 0.3 is 0 Å². The molecule has 0 saturated heterocycles. The Hall–Kier alpha value is -1.13. The van der Waals surface area contributed by atoms with E-state index in [0.29, 0.717) is 17.1 Å². The molecule has 1 unspecified atom stereocenters. The number of hydrogen-bond donors (Lipinski definition) is 2. The summed E-state index contributed by atoms with van der Waals surface area (Å²) in [6.45, 7) is 2.07. The van der Waals surface area contributed by atoms with Crippen molar-refractivity contribution in [3.05, 3.63) is 69.5 Å². The van der Waals surface area contributed by atoms with Crippen LogP contribution in [0.4, 0.5) is 4.39 Å². The first kappa shape index (κ1) is 16.2. The van der Waals surface area contributed by atoms with E-state index in [2.05, 4.69) is 5.32 Å². The van der Waals surface area contributed by atoms with Gasteiger partial charge in [-0.1, -0.05) is 53.5 Å². The summed E-state index contributed by atoms with van der Waals surface area (Å²) >= 11 is 11.9. The first-order valence-corrected chi connectivity index (χ1v) is 7.27. The van der Waals surface area contributed by atoms with Crippen LogP contribution in [-0.2, 0) is 12.1 Å². The van der Waals surface area contributed by atoms with Crippen LogP contribution in [-0.4, -0.2) is 11.7 Å². The predicted molar refractivity (Wildman–Crippen MR) is 84.1 cm³/mol. The molecule has 0 aliphatic carbocycles. The van der Waals surface area contributed by atoms with E-state index in [1.165, 1.54) is 12.1 Å². The molecule has 2 aromatic rings. The monoisotopic (exact) mass is 327 g/mol. The van der Waals surface area contributed by atoms with E-state index in [1.807, 2.05) is 30.3 Å². The van der Waals surface area contributed by atoms with Crippen LogP contribution in [0.3, 0.4) is 0 Å². The minimum atomic E-state index is -0.863. The van der Waals surface area contributed by atoms with E-state index in [0.717, 1.165) is 5.56 Å². The van der Waals surface area contributed by atoms with E-state index >= 15 is 0 Å². The highest BCUT2D eigenvalue weighted by Crippen LogP contribution is 2.32. The van der Waals surface area contributed by atoms with Crippen molar-refractivity contribution in [3.63, 3.8) is 0 Å². The molecule has 2 aromatic carbocycles. The molecular weight excluding hydrogens is 312 g/mol. The number of rotatable bonds is 5. The molecular formula is C16H16Cl2FNO. The van der Waals surface area contributed by atoms with Gasteiger partial charge in [0.25, 0.3) is 0 Å². The quantitative estimate of drug-likeness (QED) is 0.809. The second kappa shape index (κ2) is 6.75. The zero-order valence-electron chi connectivity index (χ0n) is 11.5. The number of halogens is 3. The van der Waals surface area contributed by atoms with Crippen molar-refractivity contribution in [2.45, 2.75) is 19.0 Å². The van der Waals surface area contributed by atoms with Crippen molar-refractivity contribution in [1.29, 1.82) is 0 Å². The van der Waals surface area contributed by atoms with Gasteiger partial charge in [0.2, 0.25) is 0 Å². The lowest BCUT2D eigenvalue weighted by atomic mass is 9.92. The van der Waals surface area contributed by atoms with Crippen LogP contribution in [0, 0.1) is 5.82 Å². The third-order valence-electron chi connectivity index (χ3n) is 3.45. The molecule has 21 heavy (non-hydrogen) atoms. The molecule has 0 fully saturated rings. The third-order valence-corrected chi connectivity index (χ3v) is 4.05. The summed E-state index contributed by atoms with van der Waals surface area (Å²) in [7, 11) is 0. The van der Waals surface area contributed by atoms with Gasteiger partial charge in [0.1, 0.15) is 5.82 Å². The number of benzene rings is 2. The number of nitrogens with one attached hydrogen (secondary N) is 1. The second-order valence-corrected chi connectivity index (χ2v) is 5.89. The lowest BCUT2D eigenvalue weighted by Gasteiger charge is -2.30. The molecule has 0 heterocycles. The van der Waals surface area contributed by atoms with Crippen molar-refractivity contribution >= 4 is 23.2 Å². The van der Waals surface area contributed by atoms with Gasteiger partial charge in [-0.25, -0.2) is 4.39 Å². The smallest absolute Gasteiger partial charge is 0.142 e. The maximum Gasteiger partial charge on any atom is 0.142 e. The van der Waals surface area contributed by atoms with Crippen LogP contribution >= 0.6 is 23.2 Å². The van der Waals surface area contributed by atoms with Crippen molar-refractivity contribution in [3.8, 4) is 0 Å².